The molecule has 0 aliphatic carbocycles. The zero-order valence-corrected chi connectivity index (χ0v) is 11.6. The fourth-order valence-electron chi connectivity index (χ4n) is 1.40. The van der Waals surface area contributed by atoms with Gasteiger partial charge in [-0.1, -0.05) is 37.0 Å². The summed E-state index contributed by atoms with van der Waals surface area (Å²) in [5.41, 5.74) is -0.202. The van der Waals surface area contributed by atoms with Crippen molar-refractivity contribution in [2.45, 2.75) is 26.7 Å². The summed E-state index contributed by atoms with van der Waals surface area (Å²) in [4.78, 5) is 41.8. The predicted molar refractivity (Wildman–Crippen MR) is 63.9 cm³/mol. The quantitative estimate of drug-likeness (QED) is 0.499. The van der Waals surface area contributed by atoms with Crippen LogP contribution in [0.4, 0.5) is 0 Å². The van der Waals surface area contributed by atoms with Gasteiger partial charge >= 0.3 is 23.9 Å². The number of carbonyl (C=O) groups excluding carboxylic acids is 4. The number of carbonyl (C=O) groups is 4. The molecule has 0 atom stereocenters. The van der Waals surface area contributed by atoms with Crippen LogP contribution < -0.4 is 0 Å². The van der Waals surface area contributed by atoms with E-state index < -0.39 is 23.9 Å². The molecule has 1 saturated heterocycles. The third-order valence-electron chi connectivity index (χ3n) is 2.21. The third kappa shape index (κ3) is 4.33. The third-order valence-corrected chi connectivity index (χ3v) is 2.99. The molecular weight excluding hydrogens is 299 g/mol. The molecule has 104 valence electrons. The van der Waals surface area contributed by atoms with E-state index in [9.17, 15) is 19.2 Å². The first-order valence-corrected chi connectivity index (χ1v) is 5.93. The monoisotopic (exact) mass is 308 g/mol. The summed E-state index contributed by atoms with van der Waals surface area (Å²) in [6.07, 6.45) is 0.692. The molecule has 2 aliphatic heterocycles. The zero-order valence-electron chi connectivity index (χ0n) is 10.1. The number of hydrogen-bond acceptors (Lipinski definition) is 6. The van der Waals surface area contributed by atoms with Gasteiger partial charge in [-0.15, -0.1) is 0 Å². The van der Waals surface area contributed by atoms with Gasteiger partial charge in [0.25, 0.3) is 0 Å². The molecular formula is C11H10Cl2O6. The van der Waals surface area contributed by atoms with Gasteiger partial charge in [0, 0.05) is 0 Å². The highest BCUT2D eigenvalue weighted by Gasteiger charge is 2.33. The molecule has 0 N–H and O–H groups in total. The largest absolute Gasteiger partial charge is 0.393 e. The summed E-state index contributed by atoms with van der Waals surface area (Å²) in [6.45, 7) is 3.76. The fraction of sp³-hybridized carbons (Fsp3) is 0.455. The fourth-order valence-corrected chi connectivity index (χ4v) is 1.63. The first-order valence-electron chi connectivity index (χ1n) is 5.18. The minimum absolute atomic E-state index is 0.202. The van der Waals surface area contributed by atoms with Crippen molar-refractivity contribution < 1.29 is 28.7 Å². The van der Waals surface area contributed by atoms with E-state index in [0.717, 1.165) is 0 Å². The Morgan fingerprint density at radius 1 is 0.842 bits per heavy atom. The second-order valence-corrected chi connectivity index (χ2v) is 5.42. The Labute approximate surface area is 118 Å². The Morgan fingerprint density at radius 3 is 1.42 bits per heavy atom. The van der Waals surface area contributed by atoms with Crippen molar-refractivity contribution in [3.05, 3.63) is 10.1 Å². The van der Waals surface area contributed by atoms with Gasteiger partial charge in [0.1, 0.15) is 0 Å². The van der Waals surface area contributed by atoms with E-state index in [2.05, 4.69) is 9.47 Å². The highest BCUT2D eigenvalue weighted by atomic mass is 35.5. The van der Waals surface area contributed by atoms with Crippen molar-refractivity contribution in [1.82, 2.24) is 0 Å². The number of hydrogen-bond donors (Lipinski definition) is 0. The summed E-state index contributed by atoms with van der Waals surface area (Å²) < 4.78 is 8.31. The maximum Gasteiger partial charge on any atom is 0.359 e. The lowest BCUT2D eigenvalue weighted by molar-refractivity contribution is -0.168. The second kappa shape index (κ2) is 5.71. The lowest BCUT2D eigenvalue weighted by atomic mass is 9.84. The molecule has 2 heterocycles. The van der Waals surface area contributed by atoms with Gasteiger partial charge in [0.2, 0.25) is 0 Å². The predicted octanol–water partition coefficient (Wildman–Crippen LogP) is 1.64. The average molecular weight is 309 g/mol. The smallest absolute Gasteiger partial charge is 0.359 e. The molecule has 0 unspecified atom stereocenters. The molecule has 8 heteroatoms. The summed E-state index contributed by atoms with van der Waals surface area (Å²) >= 11 is 10.3. The van der Waals surface area contributed by atoms with E-state index in [1.165, 1.54) is 0 Å². The molecule has 2 aliphatic rings. The van der Waals surface area contributed by atoms with Gasteiger partial charge in [-0.2, -0.15) is 0 Å². The summed E-state index contributed by atoms with van der Waals surface area (Å²) in [5, 5.41) is -0.691. The molecule has 0 aromatic heterocycles. The Hall–Kier alpha value is -1.40. The van der Waals surface area contributed by atoms with Crippen LogP contribution in [0.3, 0.4) is 0 Å². The van der Waals surface area contributed by atoms with Crippen LogP contribution in [-0.2, 0) is 28.7 Å². The van der Waals surface area contributed by atoms with Crippen LogP contribution in [0.1, 0.15) is 26.7 Å². The molecule has 0 radical (unpaired) electrons. The van der Waals surface area contributed by atoms with Crippen LogP contribution in [0.25, 0.3) is 0 Å². The van der Waals surface area contributed by atoms with E-state index in [1.807, 2.05) is 13.8 Å². The molecule has 19 heavy (non-hydrogen) atoms. The molecule has 0 saturated carbocycles. The minimum Gasteiger partial charge on any atom is -0.393 e. The molecule has 2 rings (SSSR count). The highest BCUT2D eigenvalue weighted by Crippen LogP contribution is 2.29. The summed E-state index contributed by atoms with van der Waals surface area (Å²) in [5.74, 6) is -2.57. The van der Waals surface area contributed by atoms with E-state index in [4.69, 9.17) is 23.2 Å². The number of esters is 4. The van der Waals surface area contributed by atoms with Gasteiger partial charge in [0.05, 0.1) is 12.8 Å². The Bertz CT molecular complexity index is 451. The number of ether oxygens (including phenoxy) is 2. The van der Waals surface area contributed by atoms with Crippen LogP contribution in [-0.4, -0.2) is 23.9 Å². The number of cyclic esters (lactones) is 4. The van der Waals surface area contributed by atoms with Gasteiger partial charge < -0.3 is 9.47 Å². The van der Waals surface area contributed by atoms with Crippen molar-refractivity contribution in [3.8, 4) is 0 Å². The van der Waals surface area contributed by atoms with Crippen molar-refractivity contribution >= 4 is 47.1 Å². The van der Waals surface area contributed by atoms with Crippen LogP contribution in [0.15, 0.2) is 10.1 Å². The van der Waals surface area contributed by atoms with Gasteiger partial charge in [-0.05, 0) is 5.41 Å². The van der Waals surface area contributed by atoms with E-state index in [1.54, 1.807) is 0 Å². The zero-order chi connectivity index (χ0) is 14.8. The molecule has 6 nitrogen and oxygen atoms in total. The Kier molecular flexibility index (Phi) is 4.70. The van der Waals surface area contributed by atoms with Crippen LogP contribution in [0, 0.1) is 5.41 Å². The van der Waals surface area contributed by atoms with Gasteiger partial charge in [0.15, 0.2) is 10.1 Å². The van der Waals surface area contributed by atoms with Crippen molar-refractivity contribution in [2.24, 2.45) is 5.41 Å². The summed E-state index contributed by atoms with van der Waals surface area (Å²) in [6, 6.07) is 0. The highest BCUT2D eigenvalue weighted by molar-refractivity contribution is 6.56. The SMILES string of the molecule is CC1(C)CC(=O)OC(=O)C1.O=C1OC(=O)C(Cl)=C1Cl. The minimum atomic E-state index is -0.883. The van der Waals surface area contributed by atoms with Gasteiger partial charge in [-0.3, -0.25) is 9.59 Å². The normalized spacial score (nSPS) is 21.7. The van der Waals surface area contributed by atoms with E-state index in [0.29, 0.717) is 12.8 Å². The van der Waals surface area contributed by atoms with E-state index >= 15 is 0 Å². The van der Waals surface area contributed by atoms with Crippen molar-refractivity contribution in [2.75, 3.05) is 0 Å². The number of rotatable bonds is 0. The molecule has 0 aromatic rings. The molecule has 1 fully saturated rings. The first kappa shape index (κ1) is 15.7. The Balaban J connectivity index is 0.000000191. The molecule has 0 bridgehead atoms. The second-order valence-electron chi connectivity index (χ2n) is 4.67. The average Bonchev–Trinajstić information content (AvgIpc) is 2.43. The van der Waals surface area contributed by atoms with Crippen molar-refractivity contribution in [3.63, 3.8) is 0 Å². The van der Waals surface area contributed by atoms with Crippen LogP contribution in [0.5, 0.6) is 0 Å². The van der Waals surface area contributed by atoms with Crippen LogP contribution >= 0.6 is 23.2 Å². The maximum absolute atomic E-state index is 10.6. The van der Waals surface area contributed by atoms with Gasteiger partial charge in [-0.25, -0.2) is 9.59 Å². The Morgan fingerprint density at radius 2 is 1.21 bits per heavy atom. The number of halogens is 2. The molecule has 0 spiro atoms. The lowest BCUT2D eigenvalue weighted by Gasteiger charge is -2.25. The first-order chi connectivity index (χ1) is 8.62. The van der Waals surface area contributed by atoms with Crippen molar-refractivity contribution in [1.29, 1.82) is 0 Å². The standard InChI is InChI=1S/C7H10O3.C4Cl2O3/c1-7(2)3-5(8)10-6(9)4-7;5-1-2(6)4(8)9-3(1)7/h3-4H2,1-2H3;. The lowest BCUT2D eigenvalue weighted by Crippen LogP contribution is -2.30. The molecule has 0 aromatic carbocycles. The van der Waals surface area contributed by atoms with Crippen LogP contribution in [0.2, 0.25) is 0 Å². The van der Waals surface area contributed by atoms with E-state index in [-0.39, 0.29) is 15.5 Å². The maximum atomic E-state index is 10.6. The molecule has 0 amide bonds. The summed E-state index contributed by atoms with van der Waals surface area (Å²) in [7, 11) is 0. The topological polar surface area (TPSA) is 86.7 Å².